The van der Waals surface area contributed by atoms with Gasteiger partial charge in [0, 0.05) is 37.6 Å². The summed E-state index contributed by atoms with van der Waals surface area (Å²) in [5, 5.41) is 7.26. The second-order valence-electron chi connectivity index (χ2n) is 8.20. The Labute approximate surface area is 151 Å². The topological polar surface area (TPSA) is 45.7 Å². The summed E-state index contributed by atoms with van der Waals surface area (Å²) in [6.07, 6.45) is 6.70. The molecule has 1 aliphatic heterocycles. The molecule has 2 N–H and O–H groups in total. The molecule has 4 rings (SSSR count). The summed E-state index contributed by atoms with van der Waals surface area (Å²) < 4.78 is 6.02. The van der Waals surface area contributed by atoms with Crippen LogP contribution in [0.25, 0.3) is 0 Å². The molecule has 1 aromatic rings. The van der Waals surface area contributed by atoms with Crippen LogP contribution in [-0.4, -0.2) is 38.3 Å². The van der Waals surface area contributed by atoms with Crippen LogP contribution in [0.4, 0.5) is 0 Å². The van der Waals surface area contributed by atoms with Gasteiger partial charge in [0.2, 0.25) is 0 Å². The molecule has 3 unspecified atom stereocenters. The monoisotopic (exact) mass is 341 g/mol. The molecule has 3 atom stereocenters. The van der Waals surface area contributed by atoms with E-state index in [4.69, 9.17) is 4.74 Å². The Balaban J connectivity index is 1.32. The molecule has 3 fully saturated rings. The largest absolute Gasteiger partial charge is 0.377 e. The number of fused-ring (bicyclic) bond motifs is 2. The molecule has 1 heterocycles. The number of nitrogens with one attached hydrogen (secondary N) is 2. The van der Waals surface area contributed by atoms with E-state index in [0.717, 1.165) is 25.5 Å². The molecule has 25 heavy (non-hydrogen) atoms. The minimum atomic E-state index is 0.395. The van der Waals surface area contributed by atoms with Crippen LogP contribution in [0, 0.1) is 25.2 Å². The van der Waals surface area contributed by atoms with Crippen LogP contribution in [0.2, 0.25) is 0 Å². The molecule has 3 aliphatic rings. The van der Waals surface area contributed by atoms with E-state index in [-0.39, 0.29) is 0 Å². The van der Waals surface area contributed by atoms with Crippen molar-refractivity contribution in [1.82, 2.24) is 10.6 Å². The van der Waals surface area contributed by atoms with Crippen LogP contribution >= 0.6 is 0 Å². The Hall–Kier alpha value is -1.55. The molecule has 4 nitrogen and oxygen atoms in total. The quantitative estimate of drug-likeness (QED) is 0.654. The second-order valence-corrected chi connectivity index (χ2v) is 8.20. The molecule has 0 aromatic heterocycles. The van der Waals surface area contributed by atoms with Crippen LogP contribution in [0.1, 0.15) is 42.4 Å². The SMILES string of the molecule is CN=C(NCCc1cc(C)cc(C)c1)NC1C2CCOC2C12CCC2. The van der Waals surface area contributed by atoms with Gasteiger partial charge in [-0.3, -0.25) is 4.99 Å². The summed E-state index contributed by atoms with van der Waals surface area (Å²) in [6, 6.07) is 7.33. The third-order valence-electron chi connectivity index (χ3n) is 6.54. The minimum Gasteiger partial charge on any atom is -0.377 e. The molecule has 0 radical (unpaired) electrons. The summed E-state index contributed by atoms with van der Waals surface area (Å²) in [5.41, 5.74) is 4.47. The highest BCUT2D eigenvalue weighted by Gasteiger charge is 2.66. The van der Waals surface area contributed by atoms with E-state index in [1.807, 2.05) is 7.05 Å². The lowest BCUT2D eigenvalue weighted by Crippen LogP contribution is -2.72. The number of nitrogens with zero attached hydrogens (tertiary/aromatic N) is 1. The Morgan fingerprint density at radius 1 is 1.24 bits per heavy atom. The van der Waals surface area contributed by atoms with Crippen LogP contribution < -0.4 is 10.6 Å². The molecule has 4 heteroatoms. The fourth-order valence-electron chi connectivity index (χ4n) is 5.34. The Morgan fingerprint density at radius 2 is 2.00 bits per heavy atom. The van der Waals surface area contributed by atoms with Crippen molar-refractivity contribution in [3.05, 3.63) is 34.9 Å². The predicted molar refractivity (Wildman–Crippen MR) is 102 cm³/mol. The van der Waals surface area contributed by atoms with Gasteiger partial charge in [-0.2, -0.15) is 0 Å². The van der Waals surface area contributed by atoms with E-state index in [2.05, 4.69) is 47.7 Å². The maximum absolute atomic E-state index is 6.02. The molecule has 2 aliphatic carbocycles. The number of hydrogen-bond donors (Lipinski definition) is 2. The molecular formula is C21H31N3O. The van der Waals surface area contributed by atoms with Crippen LogP contribution in [0.15, 0.2) is 23.2 Å². The van der Waals surface area contributed by atoms with Crippen molar-refractivity contribution in [2.75, 3.05) is 20.2 Å². The van der Waals surface area contributed by atoms with Gasteiger partial charge in [-0.15, -0.1) is 0 Å². The molecule has 2 saturated carbocycles. The number of rotatable bonds is 4. The summed E-state index contributed by atoms with van der Waals surface area (Å²) in [7, 11) is 1.88. The zero-order valence-electron chi connectivity index (χ0n) is 15.8. The van der Waals surface area contributed by atoms with Crippen LogP contribution in [0.3, 0.4) is 0 Å². The lowest BCUT2D eigenvalue weighted by Gasteiger charge is -2.63. The maximum Gasteiger partial charge on any atom is 0.191 e. The number of aryl methyl sites for hydroxylation is 2. The van der Waals surface area contributed by atoms with Crippen molar-refractivity contribution in [3.63, 3.8) is 0 Å². The third kappa shape index (κ3) is 2.95. The number of hydrogen-bond acceptors (Lipinski definition) is 2. The average molecular weight is 341 g/mol. The van der Waals surface area contributed by atoms with Gasteiger partial charge in [-0.1, -0.05) is 35.7 Å². The van der Waals surface area contributed by atoms with Crippen LogP contribution in [-0.2, 0) is 11.2 Å². The van der Waals surface area contributed by atoms with E-state index in [0.29, 0.717) is 23.5 Å². The summed E-state index contributed by atoms with van der Waals surface area (Å²) in [6.45, 7) is 6.18. The van der Waals surface area contributed by atoms with E-state index >= 15 is 0 Å². The molecule has 1 spiro atoms. The van der Waals surface area contributed by atoms with Gasteiger partial charge >= 0.3 is 0 Å². The minimum absolute atomic E-state index is 0.395. The third-order valence-corrected chi connectivity index (χ3v) is 6.54. The number of guanidine groups is 1. The highest BCUT2D eigenvalue weighted by atomic mass is 16.5. The summed E-state index contributed by atoms with van der Waals surface area (Å²) >= 11 is 0. The summed E-state index contributed by atoms with van der Waals surface area (Å²) in [4.78, 5) is 4.47. The number of aliphatic imine (C=N–C) groups is 1. The highest BCUT2D eigenvalue weighted by molar-refractivity contribution is 5.80. The van der Waals surface area contributed by atoms with E-state index < -0.39 is 0 Å². The van der Waals surface area contributed by atoms with E-state index in [1.165, 1.54) is 42.4 Å². The molecular weight excluding hydrogens is 310 g/mol. The predicted octanol–water partition coefficient (Wildman–Crippen LogP) is 2.97. The first kappa shape index (κ1) is 16.9. The van der Waals surface area contributed by atoms with Crippen molar-refractivity contribution >= 4 is 5.96 Å². The average Bonchev–Trinajstić information content (AvgIpc) is 2.93. The molecule has 0 bridgehead atoms. The van der Waals surface area contributed by atoms with Crippen molar-refractivity contribution in [2.24, 2.45) is 16.3 Å². The molecule has 136 valence electrons. The zero-order chi connectivity index (χ0) is 17.4. The fourth-order valence-corrected chi connectivity index (χ4v) is 5.34. The van der Waals surface area contributed by atoms with Gasteiger partial charge in [0.25, 0.3) is 0 Å². The lowest BCUT2D eigenvalue weighted by molar-refractivity contribution is -0.171. The highest BCUT2D eigenvalue weighted by Crippen LogP contribution is 2.62. The normalized spacial score (nSPS) is 29.7. The van der Waals surface area contributed by atoms with Gasteiger partial charge in [-0.25, -0.2) is 0 Å². The Morgan fingerprint density at radius 3 is 2.64 bits per heavy atom. The molecule has 1 saturated heterocycles. The van der Waals surface area contributed by atoms with Crippen molar-refractivity contribution < 1.29 is 4.74 Å². The van der Waals surface area contributed by atoms with Crippen molar-refractivity contribution in [2.45, 2.75) is 58.1 Å². The zero-order valence-corrected chi connectivity index (χ0v) is 15.8. The van der Waals surface area contributed by atoms with Gasteiger partial charge in [0.1, 0.15) is 0 Å². The van der Waals surface area contributed by atoms with Crippen LogP contribution in [0.5, 0.6) is 0 Å². The first-order valence-electron chi connectivity index (χ1n) is 9.78. The van der Waals surface area contributed by atoms with Gasteiger partial charge < -0.3 is 15.4 Å². The standard InChI is InChI=1S/C21H31N3O/c1-14-11-15(2)13-16(12-14)5-9-23-20(22-3)24-18-17-6-10-25-19(17)21(18)7-4-8-21/h11-13,17-19H,4-10H2,1-3H3,(H2,22,23,24). The van der Waals surface area contributed by atoms with Crippen molar-refractivity contribution in [3.8, 4) is 0 Å². The first-order chi connectivity index (χ1) is 12.1. The van der Waals surface area contributed by atoms with Gasteiger partial charge in [0.15, 0.2) is 5.96 Å². The van der Waals surface area contributed by atoms with E-state index in [1.54, 1.807) is 0 Å². The molecule has 1 aromatic carbocycles. The van der Waals surface area contributed by atoms with E-state index in [9.17, 15) is 0 Å². The Bertz CT molecular complexity index is 645. The number of ether oxygens (including phenoxy) is 1. The fraction of sp³-hybridized carbons (Fsp3) is 0.667. The Kier molecular flexibility index (Phi) is 4.48. The maximum atomic E-state index is 6.02. The smallest absolute Gasteiger partial charge is 0.191 e. The lowest BCUT2D eigenvalue weighted by atomic mass is 9.46. The van der Waals surface area contributed by atoms with Gasteiger partial charge in [-0.05, 0) is 45.1 Å². The van der Waals surface area contributed by atoms with Crippen molar-refractivity contribution in [1.29, 1.82) is 0 Å². The molecule has 0 amide bonds. The number of benzene rings is 1. The summed E-state index contributed by atoms with van der Waals surface area (Å²) in [5.74, 6) is 1.63. The van der Waals surface area contributed by atoms with Gasteiger partial charge in [0.05, 0.1) is 6.10 Å². The first-order valence-corrected chi connectivity index (χ1v) is 9.78. The second kappa shape index (κ2) is 6.64.